The molecule has 1 heterocycles. The van der Waals surface area contributed by atoms with Crippen LogP contribution in [0.3, 0.4) is 0 Å². The first kappa shape index (κ1) is 18.1. The summed E-state index contributed by atoms with van der Waals surface area (Å²) in [5.74, 6) is -0.421. The molecule has 2 aromatic carbocycles. The van der Waals surface area contributed by atoms with E-state index < -0.39 is 10.8 Å². The van der Waals surface area contributed by atoms with Gasteiger partial charge in [0.25, 0.3) is 5.69 Å². The van der Waals surface area contributed by atoms with Crippen LogP contribution in [0.25, 0.3) is 10.9 Å². The van der Waals surface area contributed by atoms with Gasteiger partial charge in [-0.3, -0.25) is 14.9 Å². The van der Waals surface area contributed by atoms with Crippen molar-refractivity contribution in [2.45, 2.75) is 13.0 Å². The van der Waals surface area contributed by atoms with Crippen molar-refractivity contribution in [2.75, 3.05) is 0 Å². The van der Waals surface area contributed by atoms with Crippen LogP contribution in [0.2, 0.25) is 0 Å². The van der Waals surface area contributed by atoms with Crippen molar-refractivity contribution < 1.29 is 9.72 Å². The number of carbonyl (C=O) groups is 1. The molecule has 7 heteroatoms. The summed E-state index contributed by atoms with van der Waals surface area (Å²) in [5, 5.41) is 16.0. The molecular formula is C20H18N4O3. The fourth-order valence-electron chi connectivity index (χ4n) is 2.89. The lowest BCUT2D eigenvalue weighted by atomic mass is 10.1. The molecule has 0 fully saturated rings. The molecule has 1 amide bonds. The molecule has 0 bridgehead atoms. The maximum atomic E-state index is 12.1. The van der Waals surface area contributed by atoms with Crippen LogP contribution in [0.5, 0.6) is 0 Å². The summed E-state index contributed by atoms with van der Waals surface area (Å²) in [4.78, 5) is 22.6. The number of hydrogen-bond donors (Lipinski definition) is 1. The van der Waals surface area contributed by atoms with Gasteiger partial charge in [-0.05, 0) is 6.07 Å². The van der Waals surface area contributed by atoms with Gasteiger partial charge < -0.3 is 4.57 Å². The molecule has 0 unspecified atom stereocenters. The second kappa shape index (κ2) is 8.09. The van der Waals surface area contributed by atoms with Gasteiger partial charge in [-0.15, -0.1) is 6.58 Å². The highest BCUT2D eigenvalue weighted by molar-refractivity contribution is 5.99. The summed E-state index contributed by atoms with van der Waals surface area (Å²) in [7, 11) is 0. The molecule has 3 aromatic rings. The molecule has 27 heavy (non-hydrogen) atoms. The van der Waals surface area contributed by atoms with Crippen LogP contribution in [-0.4, -0.2) is 21.6 Å². The zero-order valence-electron chi connectivity index (χ0n) is 14.5. The predicted octanol–water partition coefficient (Wildman–Crippen LogP) is 3.43. The Labute approximate surface area is 155 Å². The average Bonchev–Trinajstić information content (AvgIpc) is 3.00. The molecule has 0 spiro atoms. The van der Waals surface area contributed by atoms with Crippen molar-refractivity contribution in [3.8, 4) is 0 Å². The number of carbonyl (C=O) groups excluding carboxylic acids is 1. The van der Waals surface area contributed by atoms with E-state index in [0.29, 0.717) is 12.1 Å². The molecule has 0 atom stereocenters. The van der Waals surface area contributed by atoms with Crippen molar-refractivity contribution in [3.05, 3.63) is 88.6 Å². The highest BCUT2D eigenvalue weighted by Crippen LogP contribution is 2.20. The smallest absolute Gasteiger partial charge is 0.273 e. The normalized spacial score (nSPS) is 11.0. The Bertz CT molecular complexity index is 1040. The van der Waals surface area contributed by atoms with Crippen molar-refractivity contribution in [2.24, 2.45) is 5.10 Å². The molecule has 1 N–H and O–H groups in total. The maximum absolute atomic E-state index is 12.1. The number of nitrogens with one attached hydrogen (secondary N) is 1. The summed E-state index contributed by atoms with van der Waals surface area (Å²) in [5.41, 5.74) is 4.60. The molecule has 0 saturated carbocycles. The Morgan fingerprint density at radius 2 is 1.96 bits per heavy atom. The van der Waals surface area contributed by atoms with E-state index in [0.717, 1.165) is 16.5 Å². The van der Waals surface area contributed by atoms with Gasteiger partial charge in [0, 0.05) is 40.8 Å². The van der Waals surface area contributed by atoms with E-state index >= 15 is 0 Å². The number of aromatic nitrogens is 1. The minimum Gasteiger partial charge on any atom is -0.343 e. The highest BCUT2D eigenvalue weighted by Gasteiger charge is 2.15. The number of nitro benzene ring substituents is 1. The minimum absolute atomic E-state index is 0.0795. The Morgan fingerprint density at radius 3 is 2.74 bits per heavy atom. The first-order valence-corrected chi connectivity index (χ1v) is 8.33. The van der Waals surface area contributed by atoms with Crippen LogP contribution in [-0.2, 0) is 17.8 Å². The third-order valence-corrected chi connectivity index (χ3v) is 4.08. The standard InChI is InChI=1S/C20H18N4O3/c1-2-11-23-14-16(17-8-4-6-10-19(17)23)13-21-22-20(25)12-15-7-3-5-9-18(15)24(26)27/h2-10,13-14H,1,11-12H2,(H,22,25). The van der Waals surface area contributed by atoms with Crippen molar-refractivity contribution >= 4 is 28.7 Å². The fraction of sp³-hybridized carbons (Fsp3) is 0.100. The van der Waals surface area contributed by atoms with Crippen molar-refractivity contribution in [3.63, 3.8) is 0 Å². The van der Waals surface area contributed by atoms with Gasteiger partial charge in [0.1, 0.15) is 0 Å². The lowest BCUT2D eigenvalue weighted by Crippen LogP contribution is -2.20. The number of nitro groups is 1. The maximum Gasteiger partial charge on any atom is 0.273 e. The third-order valence-electron chi connectivity index (χ3n) is 4.08. The van der Waals surface area contributed by atoms with Gasteiger partial charge in [0.2, 0.25) is 5.91 Å². The summed E-state index contributed by atoms with van der Waals surface area (Å²) in [6.45, 7) is 4.42. The highest BCUT2D eigenvalue weighted by atomic mass is 16.6. The van der Waals surface area contributed by atoms with Crippen molar-refractivity contribution in [1.82, 2.24) is 9.99 Å². The van der Waals surface area contributed by atoms with Crippen LogP contribution >= 0.6 is 0 Å². The summed E-state index contributed by atoms with van der Waals surface area (Å²) >= 11 is 0. The Hall–Kier alpha value is -3.74. The van der Waals surface area contributed by atoms with E-state index in [9.17, 15) is 14.9 Å². The summed E-state index contributed by atoms with van der Waals surface area (Å²) < 4.78 is 2.04. The number of nitrogens with zero attached hydrogens (tertiary/aromatic N) is 3. The number of hydrazone groups is 1. The van der Waals surface area contributed by atoms with Gasteiger partial charge in [0.15, 0.2) is 0 Å². The van der Waals surface area contributed by atoms with Crippen LogP contribution in [0, 0.1) is 10.1 Å². The quantitative estimate of drug-likeness (QED) is 0.302. The minimum atomic E-state index is -0.500. The lowest BCUT2D eigenvalue weighted by Gasteiger charge is -2.01. The number of allylic oxidation sites excluding steroid dienone is 1. The van der Waals surface area contributed by atoms with E-state index in [4.69, 9.17) is 0 Å². The van der Waals surface area contributed by atoms with Gasteiger partial charge in [-0.25, -0.2) is 5.43 Å². The Morgan fingerprint density at radius 1 is 1.22 bits per heavy atom. The van der Waals surface area contributed by atoms with Crippen LogP contribution in [0.4, 0.5) is 5.69 Å². The van der Waals surface area contributed by atoms with Crippen LogP contribution in [0.15, 0.2) is 72.5 Å². The molecule has 3 rings (SSSR count). The zero-order chi connectivity index (χ0) is 19.2. The second-order valence-electron chi connectivity index (χ2n) is 5.90. The van der Waals surface area contributed by atoms with Gasteiger partial charge in [-0.1, -0.05) is 42.5 Å². The molecule has 136 valence electrons. The fourth-order valence-corrected chi connectivity index (χ4v) is 2.89. The molecule has 1 aromatic heterocycles. The Balaban J connectivity index is 1.73. The number of para-hydroxylation sites is 2. The number of hydrogen-bond acceptors (Lipinski definition) is 4. The topological polar surface area (TPSA) is 89.5 Å². The molecule has 0 aliphatic heterocycles. The van der Waals surface area contributed by atoms with Gasteiger partial charge >= 0.3 is 0 Å². The first-order chi connectivity index (χ1) is 13.1. The Kier molecular flexibility index (Phi) is 5.41. The first-order valence-electron chi connectivity index (χ1n) is 8.33. The number of rotatable bonds is 7. The molecule has 0 radical (unpaired) electrons. The van der Waals surface area contributed by atoms with Crippen LogP contribution < -0.4 is 5.43 Å². The van der Waals surface area contributed by atoms with Gasteiger partial charge in [-0.2, -0.15) is 5.10 Å². The summed E-state index contributed by atoms with van der Waals surface area (Å²) in [6.07, 6.45) is 5.19. The molecule has 0 aliphatic rings. The van der Waals surface area contributed by atoms with Crippen molar-refractivity contribution in [1.29, 1.82) is 0 Å². The van der Waals surface area contributed by atoms with E-state index in [2.05, 4.69) is 17.1 Å². The largest absolute Gasteiger partial charge is 0.343 e. The summed E-state index contributed by atoms with van der Waals surface area (Å²) in [6, 6.07) is 14.0. The molecule has 7 nitrogen and oxygen atoms in total. The number of amides is 1. The third kappa shape index (κ3) is 4.09. The average molecular weight is 362 g/mol. The number of fused-ring (bicyclic) bond motifs is 1. The van der Waals surface area contributed by atoms with E-state index in [1.807, 2.05) is 41.1 Å². The van der Waals surface area contributed by atoms with Crippen LogP contribution in [0.1, 0.15) is 11.1 Å². The van der Waals surface area contributed by atoms with E-state index in [1.54, 1.807) is 24.4 Å². The second-order valence-corrected chi connectivity index (χ2v) is 5.90. The van der Waals surface area contributed by atoms with E-state index in [-0.39, 0.29) is 12.1 Å². The monoisotopic (exact) mass is 362 g/mol. The predicted molar refractivity (Wildman–Crippen MR) is 105 cm³/mol. The number of benzene rings is 2. The lowest BCUT2D eigenvalue weighted by molar-refractivity contribution is -0.385. The van der Waals surface area contributed by atoms with Gasteiger partial charge in [0.05, 0.1) is 17.6 Å². The SMILES string of the molecule is C=CCn1cc(C=NNC(=O)Cc2ccccc2[N+](=O)[O-])c2ccccc21. The molecule has 0 aliphatic carbocycles. The molecule has 0 saturated heterocycles. The molecular weight excluding hydrogens is 344 g/mol. The zero-order valence-corrected chi connectivity index (χ0v) is 14.5. The van der Waals surface area contributed by atoms with E-state index in [1.165, 1.54) is 6.07 Å².